The molecule has 0 atom stereocenters. The lowest BCUT2D eigenvalue weighted by Crippen LogP contribution is -2.50. The number of carboxylic acids is 2. The second kappa shape index (κ2) is 12.6. The van der Waals surface area contributed by atoms with Crippen LogP contribution in [-0.2, 0) is 9.59 Å². The van der Waals surface area contributed by atoms with E-state index in [4.69, 9.17) is 10.2 Å². The predicted octanol–water partition coefficient (Wildman–Crippen LogP) is 0.280. The molecule has 6 N–H and O–H groups in total. The number of carboxylic acid groups (broad SMARTS) is 2. The summed E-state index contributed by atoms with van der Waals surface area (Å²) in [6.45, 7) is 4.74. The maximum Gasteiger partial charge on any atom is 0.322 e. The summed E-state index contributed by atoms with van der Waals surface area (Å²) in [6.07, 6.45) is 3.88. The van der Waals surface area contributed by atoms with Crippen LogP contribution in [0.25, 0.3) is 0 Å². The number of aromatic nitrogens is 3. The van der Waals surface area contributed by atoms with E-state index in [2.05, 4.69) is 50.3 Å². The number of aliphatic carboxylic acids is 2. The molecule has 0 aromatic carbocycles. The van der Waals surface area contributed by atoms with E-state index in [1.165, 1.54) is 0 Å². The standard InChI is InChI=1S/C15H28N8O4/c1-3-5-7-18-23(19-8-6-4-2)15-21-13(16-9-11(24)25)20-14(22-15)17-10-12(26)27/h18-19H,3-10H2,1-2H3,(H,24,25)(H,26,27)(H2,16,17,20,21,22). The number of hydrogen-bond donors (Lipinski definition) is 6. The van der Waals surface area contributed by atoms with E-state index in [9.17, 15) is 9.59 Å². The fraction of sp³-hybridized carbons (Fsp3) is 0.667. The highest BCUT2D eigenvalue weighted by Crippen LogP contribution is 2.11. The molecule has 0 saturated carbocycles. The van der Waals surface area contributed by atoms with Crippen LogP contribution in [-0.4, -0.2) is 63.3 Å². The van der Waals surface area contributed by atoms with Crippen LogP contribution in [0.3, 0.4) is 0 Å². The summed E-state index contributed by atoms with van der Waals surface area (Å²) < 4.78 is 0. The van der Waals surface area contributed by atoms with Crippen LogP contribution >= 0.6 is 0 Å². The molecule has 12 nitrogen and oxygen atoms in total. The van der Waals surface area contributed by atoms with Crippen molar-refractivity contribution in [3.63, 3.8) is 0 Å². The molecule has 0 spiro atoms. The Hall–Kier alpha value is -2.73. The molecule has 0 bridgehead atoms. The molecule has 27 heavy (non-hydrogen) atoms. The van der Waals surface area contributed by atoms with Gasteiger partial charge in [0.1, 0.15) is 13.1 Å². The summed E-state index contributed by atoms with van der Waals surface area (Å²) in [6, 6.07) is 0. The summed E-state index contributed by atoms with van der Waals surface area (Å²) in [5.74, 6) is -1.91. The quantitative estimate of drug-likeness (QED) is 0.181. The van der Waals surface area contributed by atoms with Gasteiger partial charge < -0.3 is 20.8 Å². The third-order valence-corrected chi connectivity index (χ3v) is 3.22. The number of nitrogens with zero attached hydrogens (tertiary/aromatic N) is 4. The minimum Gasteiger partial charge on any atom is -0.480 e. The average Bonchev–Trinajstić information content (AvgIpc) is 2.63. The third-order valence-electron chi connectivity index (χ3n) is 3.22. The van der Waals surface area contributed by atoms with Crippen molar-refractivity contribution < 1.29 is 19.8 Å². The van der Waals surface area contributed by atoms with Gasteiger partial charge in [0.25, 0.3) is 5.95 Å². The topological polar surface area (TPSA) is 165 Å². The van der Waals surface area contributed by atoms with Gasteiger partial charge in [-0.3, -0.25) is 9.59 Å². The van der Waals surface area contributed by atoms with Crippen LogP contribution < -0.4 is 26.6 Å². The van der Waals surface area contributed by atoms with E-state index in [1.54, 1.807) is 5.12 Å². The average molecular weight is 384 g/mol. The zero-order chi connectivity index (χ0) is 20.1. The fourth-order valence-electron chi connectivity index (χ4n) is 1.86. The third kappa shape index (κ3) is 9.51. The molecule has 1 rings (SSSR count). The van der Waals surface area contributed by atoms with E-state index in [0.29, 0.717) is 13.1 Å². The fourth-order valence-corrected chi connectivity index (χ4v) is 1.86. The Labute approximate surface area is 157 Å². The molecule has 0 saturated heterocycles. The summed E-state index contributed by atoms with van der Waals surface area (Å²) in [7, 11) is 0. The van der Waals surface area contributed by atoms with Crippen LogP contribution in [0.2, 0.25) is 0 Å². The number of unbranched alkanes of at least 4 members (excludes halogenated alkanes) is 2. The molecular weight excluding hydrogens is 356 g/mol. The molecule has 1 aromatic rings. The van der Waals surface area contributed by atoms with Crippen LogP contribution in [0.5, 0.6) is 0 Å². The van der Waals surface area contributed by atoms with E-state index >= 15 is 0 Å². The summed E-state index contributed by atoms with van der Waals surface area (Å²) in [4.78, 5) is 34.0. The number of hydrazine groups is 2. The summed E-state index contributed by atoms with van der Waals surface area (Å²) >= 11 is 0. The van der Waals surface area contributed by atoms with Crippen molar-refractivity contribution in [3.8, 4) is 0 Å². The lowest BCUT2D eigenvalue weighted by molar-refractivity contribution is -0.135. The maximum atomic E-state index is 10.8. The Morgan fingerprint density at radius 3 is 1.67 bits per heavy atom. The first-order valence-corrected chi connectivity index (χ1v) is 8.90. The van der Waals surface area contributed by atoms with Gasteiger partial charge in [-0.2, -0.15) is 15.0 Å². The number of anilines is 3. The molecule has 1 aromatic heterocycles. The monoisotopic (exact) mass is 384 g/mol. The van der Waals surface area contributed by atoms with Crippen molar-refractivity contribution in [3.05, 3.63) is 0 Å². The van der Waals surface area contributed by atoms with Gasteiger partial charge in [-0.1, -0.05) is 26.7 Å². The Morgan fingerprint density at radius 1 is 0.852 bits per heavy atom. The molecule has 12 heteroatoms. The first-order chi connectivity index (χ1) is 13.0. The van der Waals surface area contributed by atoms with Gasteiger partial charge in [-0.05, 0) is 12.8 Å². The molecule has 0 aliphatic heterocycles. The van der Waals surface area contributed by atoms with E-state index in [-0.39, 0.29) is 30.9 Å². The van der Waals surface area contributed by atoms with Crippen LogP contribution in [0.4, 0.5) is 17.8 Å². The summed E-state index contributed by atoms with van der Waals surface area (Å²) in [5, 5.41) is 24.3. The van der Waals surface area contributed by atoms with Crippen molar-refractivity contribution in [1.29, 1.82) is 0 Å². The molecule has 0 radical (unpaired) electrons. The molecule has 0 aliphatic rings. The first-order valence-electron chi connectivity index (χ1n) is 8.90. The predicted molar refractivity (Wildman–Crippen MR) is 100 cm³/mol. The van der Waals surface area contributed by atoms with Gasteiger partial charge in [0.15, 0.2) is 0 Å². The zero-order valence-corrected chi connectivity index (χ0v) is 15.7. The molecule has 0 unspecified atom stereocenters. The van der Waals surface area contributed by atoms with Gasteiger partial charge in [-0.25, -0.2) is 16.0 Å². The Bertz CT molecular complexity index is 555. The summed E-state index contributed by atoms with van der Waals surface area (Å²) in [5.41, 5.74) is 6.32. The van der Waals surface area contributed by atoms with Gasteiger partial charge in [-0.15, -0.1) is 0 Å². The second-order valence-electron chi connectivity index (χ2n) is 5.64. The second-order valence-corrected chi connectivity index (χ2v) is 5.64. The van der Waals surface area contributed by atoms with Crippen molar-refractivity contribution in [2.75, 3.05) is 41.9 Å². The van der Waals surface area contributed by atoms with Gasteiger partial charge in [0.05, 0.1) is 0 Å². The first kappa shape index (κ1) is 22.3. The molecule has 0 aliphatic carbocycles. The number of carbonyl (C=O) groups is 2. The molecular formula is C15H28N8O4. The van der Waals surface area contributed by atoms with Crippen LogP contribution in [0.1, 0.15) is 39.5 Å². The molecule has 0 fully saturated rings. The smallest absolute Gasteiger partial charge is 0.322 e. The minimum absolute atomic E-state index is 0.0230. The van der Waals surface area contributed by atoms with Crippen molar-refractivity contribution in [2.45, 2.75) is 39.5 Å². The minimum atomic E-state index is -1.07. The molecule has 152 valence electrons. The normalized spacial score (nSPS) is 10.4. The van der Waals surface area contributed by atoms with Gasteiger partial charge >= 0.3 is 11.9 Å². The lowest BCUT2D eigenvalue weighted by Gasteiger charge is -2.24. The van der Waals surface area contributed by atoms with Crippen molar-refractivity contribution >= 4 is 29.8 Å². The number of nitrogens with one attached hydrogen (secondary N) is 4. The van der Waals surface area contributed by atoms with Gasteiger partial charge in [0, 0.05) is 13.1 Å². The number of rotatable bonds is 15. The van der Waals surface area contributed by atoms with Crippen LogP contribution in [0, 0.1) is 0 Å². The van der Waals surface area contributed by atoms with Crippen LogP contribution in [0.15, 0.2) is 0 Å². The zero-order valence-electron chi connectivity index (χ0n) is 15.7. The lowest BCUT2D eigenvalue weighted by atomic mass is 10.3. The van der Waals surface area contributed by atoms with Gasteiger partial charge in [0.2, 0.25) is 11.9 Å². The van der Waals surface area contributed by atoms with Crippen molar-refractivity contribution in [2.24, 2.45) is 0 Å². The Morgan fingerprint density at radius 2 is 1.30 bits per heavy atom. The Balaban J connectivity index is 3.02. The largest absolute Gasteiger partial charge is 0.480 e. The Kier molecular flexibility index (Phi) is 10.4. The van der Waals surface area contributed by atoms with Crippen molar-refractivity contribution in [1.82, 2.24) is 25.8 Å². The SMILES string of the molecule is CCCCNN(NCCCC)c1nc(NCC(=O)O)nc(NCC(=O)O)n1. The highest BCUT2D eigenvalue weighted by Gasteiger charge is 2.14. The van der Waals surface area contributed by atoms with E-state index < -0.39 is 11.9 Å². The number of hydrogen-bond acceptors (Lipinski definition) is 10. The molecule has 1 heterocycles. The van der Waals surface area contributed by atoms with E-state index in [1.807, 2.05) is 0 Å². The maximum absolute atomic E-state index is 10.8. The van der Waals surface area contributed by atoms with E-state index in [0.717, 1.165) is 25.7 Å². The highest BCUT2D eigenvalue weighted by atomic mass is 16.4. The molecule has 0 amide bonds. The highest BCUT2D eigenvalue weighted by molar-refractivity contribution is 5.73.